The summed E-state index contributed by atoms with van der Waals surface area (Å²) in [6, 6.07) is 9.30. The fourth-order valence-corrected chi connectivity index (χ4v) is 2.06. The summed E-state index contributed by atoms with van der Waals surface area (Å²) in [5, 5.41) is 10.6. The van der Waals surface area contributed by atoms with Gasteiger partial charge in [0.1, 0.15) is 10.8 Å². The minimum atomic E-state index is -0.656. The summed E-state index contributed by atoms with van der Waals surface area (Å²) in [6.45, 7) is 0. The largest absolute Gasteiger partial charge is 0.311 e. The zero-order valence-corrected chi connectivity index (χ0v) is 11.7. The van der Waals surface area contributed by atoms with E-state index in [1.165, 1.54) is 54.4 Å². The van der Waals surface area contributed by atoms with Crippen LogP contribution in [0, 0.1) is 15.9 Å². The third-order valence-corrected chi connectivity index (χ3v) is 3.32. The molecule has 0 saturated carbocycles. The Morgan fingerprint density at radius 2 is 1.86 bits per heavy atom. The Kier molecular flexibility index (Phi) is 4.18. The summed E-state index contributed by atoms with van der Waals surface area (Å²) in [5.41, 5.74) is 0.122. The van der Waals surface area contributed by atoms with E-state index in [4.69, 9.17) is 11.6 Å². The molecule has 0 aliphatic carbocycles. The number of nitro groups is 1. The van der Waals surface area contributed by atoms with Gasteiger partial charge in [-0.2, -0.15) is 0 Å². The summed E-state index contributed by atoms with van der Waals surface area (Å²) in [4.78, 5) is 23.8. The molecule has 2 aromatic carbocycles. The number of anilines is 1. The van der Waals surface area contributed by atoms with Gasteiger partial charge in [-0.15, -0.1) is 0 Å². The maximum Gasteiger partial charge on any atom is 0.288 e. The Bertz CT molecular complexity index is 704. The second-order valence-corrected chi connectivity index (χ2v) is 4.61. The molecule has 0 radical (unpaired) electrons. The van der Waals surface area contributed by atoms with Crippen LogP contribution in [0.5, 0.6) is 0 Å². The number of amides is 1. The molecule has 0 heterocycles. The molecule has 0 aliphatic heterocycles. The number of carbonyl (C=O) groups is 1. The first kappa shape index (κ1) is 14.9. The average molecular weight is 309 g/mol. The van der Waals surface area contributed by atoms with Crippen molar-refractivity contribution in [2.45, 2.75) is 0 Å². The van der Waals surface area contributed by atoms with E-state index in [0.29, 0.717) is 5.69 Å². The Balaban J connectivity index is 2.38. The van der Waals surface area contributed by atoms with Gasteiger partial charge in [0.05, 0.1) is 10.5 Å². The SMILES string of the molecule is CN(C(=O)c1cccc([N+](=O)[O-])c1Cl)c1ccc(F)cc1. The quantitative estimate of drug-likeness (QED) is 0.642. The molecule has 0 fully saturated rings. The zero-order chi connectivity index (χ0) is 15.6. The number of nitrogens with zero attached hydrogens (tertiary/aromatic N) is 2. The van der Waals surface area contributed by atoms with Crippen molar-refractivity contribution in [3.05, 3.63) is 69.0 Å². The van der Waals surface area contributed by atoms with E-state index in [0.717, 1.165) is 0 Å². The van der Waals surface area contributed by atoms with Crippen molar-refractivity contribution < 1.29 is 14.1 Å². The van der Waals surface area contributed by atoms with E-state index >= 15 is 0 Å². The Hall–Kier alpha value is -2.47. The lowest BCUT2D eigenvalue weighted by atomic mass is 10.1. The number of hydrogen-bond donors (Lipinski definition) is 0. The van der Waals surface area contributed by atoms with E-state index in [-0.39, 0.29) is 16.3 Å². The van der Waals surface area contributed by atoms with Crippen LogP contribution in [-0.4, -0.2) is 17.9 Å². The molecule has 0 atom stereocenters. The fraction of sp³-hybridized carbons (Fsp3) is 0.0714. The first-order chi connectivity index (χ1) is 9.91. The summed E-state index contributed by atoms with van der Waals surface area (Å²) < 4.78 is 12.9. The highest BCUT2D eigenvalue weighted by molar-refractivity contribution is 6.36. The Morgan fingerprint density at radius 3 is 2.43 bits per heavy atom. The molecule has 0 unspecified atom stereocenters. The molecular formula is C14H10ClFN2O3. The molecule has 0 bridgehead atoms. The molecule has 108 valence electrons. The van der Waals surface area contributed by atoms with Crippen LogP contribution in [0.2, 0.25) is 5.02 Å². The Labute approximate surface area is 124 Å². The maximum atomic E-state index is 12.9. The zero-order valence-electron chi connectivity index (χ0n) is 10.9. The van der Waals surface area contributed by atoms with Crippen molar-refractivity contribution in [3.63, 3.8) is 0 Å². The van der Waals surface area contributed by atoms with Gasteiger partial charge in [0.2, 0.25) is 0 Å². The van der Waals surface area contributed by atoms with Gasteiger partial charge in [-0.25, -0.2) is 4.39 Å². The number of benzene rings is 2. The molecule has 0 saturated heterocycles. The van der Waals surface area contributed by atoms with Crippen molar-refractivity contribution in [2.75, 3.05) is 11.9 Å². The van der Waals surface area contributed by atoms with E-state index in [2.05, 4.69) is 0 Å². The van der Waals surface area contributed by atoms with E-state index < -0.39 is 16.6 Å². The molecular weight excluding hydrogens is 299 g/mol. The van der Waals surface area contributed by atoms with Gasteiger partial charge in [0.25, 0.3) is 11.6 Å². The number of nitro benzene ring substituents is 1. The topological polar surface area (TPSA) is 63.5 Å². The van der Waals surface area contributed by atoms with Crippen molar-refractivity contribution in [3.8, 4) is 0 Å². The van der Waals surface area contributed by atoms with Gasteiger partial charge in [-0.3, -0.25) is 14.9 Å². The number of rotatable bonds is 3. The minimum absolute atomic E-state index is 0.0118. The van der Waals surface area contributed by atoms with Crippen LogP contribution in [0.1, 0.15) is 10.4 Å². The Morgan fingerprint density at radius 1 is 1.24 bits per heavy atom. The third-order valence-electron chi connectivity index (χ3n) is 2.92. The lowest BCUT2D eigenvalue weighted by Gasteiger charge is -2.18. The van der Waals surface area contributed by atoms with Crippen molar-refractivity contribution in [1.82, 2.24) is 0 Å². The van der Waals surface area contributed by atoms with Gasteiger partial charge in [0.15, 0.2) is 0 Å². The van der Waals surface area contributed by atoms with Crippen molar-refractivity contribution in [1.29, 1.82) is 0 Å². The summed E-state index contributed by atoms with van der Waals surface area (Å²) in [7, 11) is 1.48. The standard InChI is InChI=1S/C14H10ClFN2O3/c1-17(10-7-5-9(16)6-8-10)14(19)11-3-2-4-12(13(11)15)18(20)21/h2-8H,1H3. The molecule has 0 aliphatic rings. The highest BCUT2D eigenvalue weighted by Crippen LogP contribution is 2.29. The molecule has 2 aromatic rings. The second kappa shape index (κ2) is 5.88. The molecule has 1 amide bonds. The lowest BCUT2D eigenvalue weighted by Crippen LogP contribution is -2.26. The summed E-state index contributed by atoms with van der Waals surface area (Å²) >= 11 is 5.91. The van der Waals surface area contributed by atoms with E-state index in [1.54, 1.807) is 0 Å². The van der Waals surface area contributed by atoms with Crippen LogP contribution in [0.3, 0.4) is 0 Å². The van der Waals surface area contributed by atoms with Crippen LogP contribution in [-0.2, 0) is 0 Å². The molecule has 0 aromatic heterocycles. The van der Waals surface area contributed by atoms with Crippen LogP contribution in [0.15, 0.2) is 42.5 Å². The van der Waals surface area contributed by atoms with Gasteiger partial charge in [-0.1, -0.05) is 17.7 Å². The first-order valence-corrected chi connectivity index (χ1v) is 6.26. The van der Waals surface area contributed by atoms with Crippen LogP contribution in [0.25, 0.3) is 0 Å². The number of carbonyl (C=O) groups excluding carboxylic acids is 1. The number of halogens is 2. The molecule has 21 heavy (non-hydrogen) atoms. The average Bonchev–Trinajstić information content (AvgIpc) is 2.46. The monoisotopic (exact) mass is 308 g/mol. The third kappa shape index (κ3) is 3.00. The van der Waals surface area contributed by atoms with Gasteiger partial charge in [-0.05, 0) is 30.3 Å². The maximum absolute atomic E-state index is 12.9. The van der Waals surface area contributed by atoms with Crippen molar-refractivity contribution >= 4 is 28.9 Å². The summed E-state index contributed by atoms with van der Waals surface area (Å²) in [5.74, 6) is -0.941. The molecule has 5 nitrogen and oxygen atoms in total. The first-order valence-electron chi connectivity index (χ1n) is 5.88. The molecule has 7 heteroatoms. The summed E-state index contributed by atoms with van der Waals surface area (Å²) in [6.07, 6.45) is 0. The van der Waals surface area contributed by atoms with Crippen LogP contribution < -0.4 is 4.90 Å². The smallest absolute Gasteiger partial charge is 0.288 e. The van der Waals surface area contributed by atoms with Crippen molar-refractivity contribution in [2.24, 2.45) is 0 Å². The second-order valence-electron chi connectivity index (χ2n) is 4.24. The minimum Gasteiger partial charge on any atom is -0.311 e. The highest BCUT2D eigenvalue weighted by atomic mass is 35.5. The molecule has 0 spiro atoms. The predicted molar refractivity (Wildman–Crippen MR) is 77.2 cm³/mol. The number of hydrogen-bond acceptors (Lipinski definition) is 3. The van der Waals surface area contributed by atoms with Gasteiger partial charge in [0, 0.05) is 18.8 Å². The van der Waals surface area contributed by atoms with Crippen LogP contribution >= 0.6 is 11.6 Å². The van der Waals surface area contributed by atoms with Crippen LogP contribution in [0.4, 0.5) is 15.8 Å². The normalized spacial score (nSPS) is 10.2. The lowest BCUT2D eigenvalue weighted by molar-refractivity contribution is -0.384. The predicted octanol–water partition coefficient (Wildman–Crippen LogP) is 3.66. The fourth-order valence-electron chi connectivity index (χ4n) is 1.79. The van der Waals surface area contributed by atoms with Gasteiger partial charge >= 0.3 is 0 Å². The molecule has 0 N–H and O–H groups in total. The van der Waals surface area contributed by atoms with Gasteiger partial charge < -0.3 is 4.90 Å². The van der Waals surface area contributed by atoms with E-state index in [9.17, 15) is 19.3 Å². The molecule has 2 rings (SSSR count). The highest BCUT2D eigenvalue weighted by Gasteiger charge is 2.22. The van der Waals surface area contributed by atoms with E-state index in [1.807, 2.05) is 0 Å².